The number of esters is 1. The molecule has 66 valence electrons. The highest BCUT2D eigenvalue weighted by atomic mass is 32.1. The van der Waals surface area contributed by atoms with Crippen molar-refractivity contribution in [3.05, 3.63) is 0 Å². The summed E-state index contributed by atoms with van der Waals surface area (Å²) in [6.45, 7) is 2.00. The van der Waals surface area contributed by atoms with E-state index in [-0.39, 0.29) is 11.7 Å². The van der Waals surface area contributed by atoms with E-state index in [1.165, 1.54) is 7.11 Å². The van der Waals surface area contributed by atoms with E-state index in [0.29, 0.717) is 0 Å². The van der Waals surface area contributed by atoms with Gasteiger partial charge in [-0.3, -0.25) is 4.79 Å². The van der Waals surface area contributed by atoms with Gasteiger partial charge in [0.25, 0.3) is 0 Å². The lowest BCUT2D eigenvalue weighted by Gasteiger charge is -2.13. The second-order valence-corrected chi connectivity index (χ2v) is 2.42. The molecule has 0 bridgehead atoms. The Hall–Kier alpha value is -0.220. The summed E-state index contributed by atoms with van der Waals surface area (Å²) < 4.78 is 9.74. The molecule has 3 nitrogen and oxygen atoms in total. The Morgan fingerprint density at radius 3 is 2.64 bits per heavy atom. The third kappa shape index (κ3) is 5.09. The van der Waals surface area contributed by atoms with Crippen molar-refractivity contribution in [3.8, 4) is 0 Å². The SMILES string of the molecule is CCCC(OC)OC(=O)CS. The van der Waals surface area contributed by atoms with Crippen molar-refractivity contribution in [1.82, 2.24) is 0 Å². The third-order valence-electron chi connectivity index (χ3n) is 1.18. The Labute approximate surface area is 72.5 Å². The maximum Gasteiger partial charge on any atom is 0.317 e. The minimum absolute atomic E-state index is 0.101. The lowest BCUT2D eigenvalue weighted by atomic mass is 10.3. The summed E-state index contributed by atoms with van der Waals surface area (Å²) in [4.78, 5) is 10.7. The first-order valence-corrected chi connectivity index (χ1v) is 4.21. The second-order valence-electron chi connectivity index (χ2n) is 2.10. The molecule has 1 unspecified atom stereocenters. The van der Waals surface area contributed by atoms with Crippen LogP contribution in [0.3, 0.4) is 0 Å². The Balaban J connectivity index is 3.58. The van der Waals surface area contributed by atoms with E-state index in [1.54, 1.807) is 0 Å². The second kappa shape index (κ2) is 6.49. The third-order valence-corrected chi connectivity index (χ3v) is 1.44. The van der Waals surface area contributed by atoms with Crippen LogP contribution in [0.2, 0.25) is 0 Å². The largest absolute Gasteiger partial charge is 0.435 e. The van der Waals surface area contributed by atoms with Gasteiger partial charge >= 0.3 is 5.97 Å². The normalized spacial score (nSPS) is 12.6. The van der Waals surface area contributed by atoms with E-state index in [4.69, 9.17) is 9.47 Å². The van der Waals surface area contributed by atoms with E-state index >= 15 is 0 Å². The zero-order valence-corrected chi connectivity index (χ0v) is 7.77. The topological polar surface area (TPSA) is 35.5 Å². The molecule has 4 heteroatoms. The molecule has 0 aliphatic rings. The Kier molecular flexibility index (Phi) is 6.36. The average Bonchev–Trinajstić information content (AvgIpc) is 2.03. The van der Waals surface area contributed by atoms with E-state index < -0.39 is 6.29 Å². The summed E-state index contributed by atoms with van der Waals surface area (Å²) >= 11 is 3.77. The van der Waals surface area contributed by atoms with Gasteiger partial charge in [-0.25, -0.2) is 0 Å². The number of carbonyl (C=O) groups excluding carboxylic acids is 1. The lowest BCUT2D eigenvalue weighted by Crippen LogP contribution is -2.20. The molecule has 11 heavy (non-hydrogen) atoms. The number of carbonyl (C=O) groups is 1. The van der Waals surface area contributed by atoms with Crippen molar-refractivity contribution < 1.29 is 14.3 Å². The van der Waals surface area contributed by atoms with Crippen LogP contribution in [0, 0.1) is 0 Å². The Morgan fingerprint density at radius 1 is 1.64 bits per heavy atom. The molecular weight excluding hydrogens is 164 g/mol. The highest BCUT2D eigenvalue weighted by Crippen LogP contribution is 2.03. The standard InChI is InChI=1S/C7H14O3S/c1-3-4-7(9-2)10-6(8)5-11/h7,11H,3-5H2,1-2H3. The van der Waals surface area contributed by atoms with Crippen LogP contribution in [0.25, 0.3) is 0 Å². The first-order chi connectivity index (χ1) is 5.24. The van der Waals surface area contributed by atoms with Gasteiger partial charge in [-0.15, -0.1) is 0 Å². The maximum atomic E-state index is 10.7. The molecule has 0 saturated heterocycles. The molecule has 0 aromatic heterocycles. The first kappa shape index (κ1) is 10.8. The number of hydrogen-bond acceptors (Lipinski definition) is 4. The van der Waals surface area contributed by atoms with Gasteiger partial charge in [-0.1, -0.05) is 13.3 Å². The summed E-state index contributed by atoms with van der Waals surface area (Å²) in [6.07, 6.45) is 1.26. The van der Waals surface area contributed by atoms with E-state index in [2.05, 4.69) is 12.6 Å². The van der Waals surface area contributed by atoms with Crippen molar-refractivity contribution >= 4 is 18.6 Å². The van der Waals surface area contributed by atoms with Crippen molar-refractivity contribution in [2.45, 2.75) is 26.1 Å². The fraction of sp³-hybridized carbons (Fsp3) is 0.857. The molecular formula is C7H14O3S. The summed E-state index contributed by atoms with van der Waals surface area (Å²) in [5, 5.41) is 0. The van der Waals surface area contributed by atoms with Gasteiger partial charge in [-0.05, 0) is 0 Å². The average molecular weight is 178 g/mol. The highest BCUT2D eigenvalue weighted by Gasteiger charge is 2.09. The highest BCUT2D eigenvalue weighted by molar-refractivity contribution is 7.81. The van der Waals surface area contributed by atoms with Crippen molar-refractivity contribution in [1.29, 1.82) is 0 Å². The van der Waals surface area contributed by atoms with Crippen molar-refractivity contribution in [2.75, 3.05) is 12.9 Å². The van der Waals surface area contributed by atoms with Crippen LogP contribution in [0.4, 0.5) is 0 Å². The van der Waals surface area contributed by atoms with Crippen LogP contribution < -0.4 is 0 Å². The number of ether oxygens (including phenoxy) is 2. The number of thiol groups is 1. The molecule has 0 rings (SSSR count). The molecule has 0 aromatic rings. The van der Waals surface area contributed by atoms with Gasteiger partial charge in [0.15, 0.2) is 0 Å². The van der Waals surface area contributed by atoms with Gasteiger partial charge in [0.2, 0.25) is 6.29 Å². The van der Waals surface area contributed by atoms with Crippen LogP contribution in [-0.2, 0) is 14.3 Å². The molecule has 1 atom stereocenters. The molecule has 0 heterocycles. The minimum atomic E-state index is -0.403. The van der Waals surface area contributed by atoms with Gasteiger partial charge < -0.3 is 9.47 Å². The minimum Gasteiger partial charge on any atom is -0.435 e. The maximum absolute atomic E-state index is 10.7. The fourth-order valence-corrected chi connectivity index (χ4v) is 0.719. The molecule has 0 N–H and O–H groups in total. The van der Waals surface area contributed by atoms with Gasteiger partial charge in [-0.2, -0.15) is 12.6 Å². The summed E-state index contributed by atoms with van der Waals surface area (Å²) in [5.41, 5.74) is 0. The predicted octanol–water partition coefficient (Wildman–Crippen LogP) is 1.23. The van der Waals surface area contributed by atoms with E-state index in [9.17, 15) is 4.79 Å². The van der Waals surface area contributed by atoms with E-state index in [0.717, 1.165) is 12.8 Å². The molecule has 0 aliphatic heterocycles. The van der Waals surface area contributed by atoms with Crippen LogP contribution in [0.1, 0.15) is 19.8 Å². The van der Waals surface area contributed by atoms with Crippen LogP contribution >= 0.6 is 12.6 Å². The van der Waals surface area contributed by atoms with Crippen LogP contribution in [-0.4, -0.2) is 25.1 Å². The first-order valence-electron chi connectivity index (χ1n) is 3.57. The van der Waals surface area contributed by atoms with E-state index in [1.807, 2.05) is 6.92 Å². The van der Waals surface area contributed by atoms with Crippen LogP contribution in [0.5, 0.6) is 0 Å². The number of methoxy groups -OCH3 is 1. The quantitative estimate of drug-likeness (QED) is 0.391. The monoisotopic (exact) mass is 178 g/mol. The van der Waals surface area contributed by atoms with Gasteiger partial charge in [0.05, 0.1) is 5.75 Å². The Bertz CT molecular complexity index is 116. The molecule has 0 fully saturated rings. The number of hydrogen-bond donors (Lipinski definition) is 1. The smallest absolute Gasteiger partial charge is 0.317 e. The lowest BCUT2D eigenvalue weighted by molar-refractivity contribution is -0.171. The van der Waals surface area contributed by atoms with Gasteiger partial charge in [0.1, 0.15) is 0 Å². The van der Waals surface area contributed by atoms with Crippen molar-refractivity contribution in [3.63, 3.8) is 0 Å². The molecule has 0 aliphatic carbocycles. The van der Waals surface area contributed by atoms with Crippen LogP contribution in [0.15, 0.2) is 0 Å². The molecule has 0 radical (unpaired) electrons. The van der Waals surface area contributed by atoms with Crippen molar-refractivity contribution in [2.24, 2.45) is 0 Å². The summed E-state index contributed by atoms with van der Waals surface area (Å²) in [5.74, 6) is -0.238. The van der Waals surface area contributed by atoms with Gasteiger partial charge in [0, 0.05) is 13.5 Å². The Morgan fingerprint density at radius 2 is 2.27 bits per heavy atom. The molecule has 0 amide bonds. The molecule has 0 saturated carbocycles. The zero-order chi connectivity index (χ0) is 8.69. The molecule has 0 aromatic carbocycles. The fourth-order valence-electron chi connectivity index (χ4n) is 0.644. The predicted molar refractivity (Wildman–Crippen MR) is 45.7 cm³/mol. The summed E-state index contributed by atoms with van der Waals surface area (Å²) in [7, 11) is 1.52. The number of rotatable bonds is 5. The summed E-state index contributed by atoms with van der Waals surface area (Å²) in [6, 6.07) is 0. The molecule has 0 spiro atoms. The zero-order valence-electron chi connectivity index (χ0n) is 6.87.